The number of amides is 1. The Labute approximate surface area is 138 Å². The van der Waals surface area contributed by atoms with Gasteiger partial charge in [-0.05, 0) is 31.9 Å². The minimum atomic E-state index is -0.432. The first-order chi connectivity index (χ1) is 11.5. The smallest absolute Gasteiger partial charge is 0.297 e. The highest BCUT2D eigenvalue weighted by molar-refractivity contribution is 5.82. The lowest BCUT2D eigenvalue weighted by atomic mass is 10.1. The van der Waals surface area contributed by atoms with E-state index in [0.717, 1.165) is 15.8 Å². The van der Waals surface area contributed by atoms with E-state index in [1.54, 1.807) is 13.8 Å². The summed E-state index contributed by atoms with van der Waals surface area (Å²) in [6.45, 7) is 5.71. The van der Waals surface area contributed by atoms with E-state index in [1.165, 1.54) is 0 Å². The molecule has 0 aliphatic carbocycles. The van der Waals surface area contributed by atoms with Crippen LogP contribution in [0.3, 0.4) is 0 Å². The van der Waals surface area contributed by atoms with E-state index in [2.05, 4.69) is 15.6 Å². The van der Waals surface area contributed by atoms with Crippen LogP contribution in [0.2, 0.25) is 0 Å². The van der Waals surface area contributed by atoms with Gasteiger partial charge in [-0.15, -0.1) is 0 Å². The van der Waals surface area contributed by atoms with Crippen LogP contribution in [0.4, 0.5) is 0 Å². The number of fused-ring (bicyclic) bond motifs is 1. The zero-order valence-electron chi connectivity index (χ0n) is 13.8. The van der Waals surface area contributed by atoms with Crippen molar-refractivity contribution in [1.82, 2.24) is 20.3 Å². The van der Waals surface area contributed by atoms with Crippen LogP contribution in [0.25, 0.3) is 10.9 Å². The van der Waals surface area contributed by atoms with Crippen molar-refractivity contribution < 1.29 is 9.32 Å². The summed E-state index contributed by atoms with van der Waals surface area (Å²) in [5.41, 5.74) is 2.51. The Morgan fingerprint density at radius 3 is 2.75 bits per heavy atom. The zero-order valence-corrected chi connectivity index (χ0v) is 13.8. The molecule has 3 rings (SSSR count). The molecular formula is C17H18N4O3. The molecule has 1 aromatic carbocycles. The van der Waals surface area contributed by atoms with E-state index in [9.17, 15) is 9.59 Å². The number of rotatable bonds is 4. The van der Waals surface area contributed by atoms with Crippen LogP contribution in [0.1, 0.15) is 22.6 Å². The number of nitrogens with zero attached hydrogens (tertiary/aromatic N) is 3. The number of nitrogens with one attached hydrogen (secondary N) is 1. The third-order valence-electron chi connectivity index (χ3n) is 3.96. The van der Waals surface area contributed by atoms with Crippen LogP contribution in [0, 0.1) is 20.8 Å². The third-order valence-corrected chi connectivity index (χ3v) is 3.96. The maximum Gasteiger partial charge on any atom is 0.297 e. The molecule has 2 aromatic heterocycles. The number of aromatic nitrogens is 3. The quantitative estimate of drug-likeness (QED) is 0.787. The van der Waals surface area contributed by atoms with Gasteiger partial charge in [0.2, 0.25) is 5.91 Å². The molecule has 0 radical (unpaired) electrons. The molecule has 7 nitrogen and oxygen atoms in total. The highest BCUT2D eigenvalue weighted by Crippen LogP contribution is 2.16. The Bertz CT molecular complexity index is 972. The van der Waals surface area contributed by atoms with Gasteiger partial charge in [0.15, 0.2) is 5.52 Å². The Morgan fingerprint density at radius 1 is 1.25 bits per heavy atom. The van der Waals surface area contributed by atoms with Crippen LogP contribution in [0.5, 0.6) is 0 Å². The summed E-state index contributed by atoms with van der Waals surface area (Å²) in [5, 5.41) is 11.4. The fourth-order valence-electron chi connectivity index (χ4n) is 2.64. The Kier molecular flexibility index (Phi) is 4.16. The van der Waals surface area contributed by atoms with Gasteiger partial charge in [0, 0.05) is 6.54 Å². The predicted molar refractivity (Wildman–Crippen MR) is 88.6 cm³/mol. The highest BCUT2D eigenvalue weighted by atomic mass is 16.5. The van der Waals surface area contributed by atoms with Gasteiger partial charge in [-0.3, -0.25) is 9.59 Å². The SMILES string of the molecule is Cc1ccccc1CNC(=O)Cn1nc(C)c2c(C)onc2c1=O. The van der Waals surface area contributed by atoms with Crippen LogP contribution >= 0.6 is 0 Å². The van der Waals surface area contributed by atoms with Crippen molar-refractivity contribution in [2.75, 3.05) is 0 Å². The van der Waals surface area contributed by atoms with Crippen molar-refractivity contribution in [3.63, 3.8) is 0 Å². The molecule has 24 heavy (non-hydrogen) atoms. The summed E-state index contributed by atoms with van der Waals surface area (Å²) < 4.78 is 6.17. The van der Waals surface area contributed by atoms with Crippen LogP contribution in [-0.4, -0.2) is 20.8 Å². The summed E-state index contributed by atoms with van der Waals surface area (Å²) in [6.07, 6.45) is 0. The second-order valence-electron chi connectivity index (χ2n) is 5.71. The van der Waals surface area contributed by atoms with Gasteiger partial charge >= 0.3 is 0 Å². The van der Waals surface area contributed by atoms with Crippen molar-refractivity contribution >= 4 is 16.8 Å². The van der Waals surface area contributed by atoms with Crippen molar-refractivity contribution in [3.05, 3.63) is 57.2 Å². The van der Waals surface area contributed by atoms with E-state index in [1.807, 2.05) is 31.2 Å². The van der Waals surface area contributed by atoms with E-state index >= 15 is 0 Å². The van der Waals surface area contributed by atoms with Gasteiger partial charge in [-0.1, -0.05) is 29.4 Å². The van der Waals surface area contributed by atoms with Gasteiger partial charge in [-0.2, -0.15) is 5.10 Å². The highest BCUT2D eigenvalue weighted by Gasteiger charge is 2.16. The van der Waals surface area contributed by atoms with E-state index in [4.69, 9.17) is 4.52 Å². The molecule has 1 amide bonds. The summed E-state index contributed by atoms with van der Waals surface area (Å²) in [6, 6.07) is 7.80. The average Bonchev–Trinajstić information content (AvgIpc) is 2.94. The molecule has 124 valence electrons. The van der Waals surface area contributed by atoms with Crippen molar-refractivity contribution in [2.24, 2.45) is 0 Å². The Balaban J connectivity index is 1.77. The third kappa shape index (κ3) is 2.92. The van der Waals surface area contributed by atoms with Gasteiger partial charge in [0.1, 0.15) is 12.3 Å². The molecule has 3 aromatic rings. The van der Waals surface area contributed by atoms with Crippen molar-refractivity contribution in [2.45, 2.75) is 33.9 Å². The monoisotopic (exact) mass is 326 g/mol. The maximum absolute atomic E-state index is 12.4. The maximum atomic E-state index is 12.4. The minimum absolute atomic E-state index is 0.159. The molecular weight excluding hydrogens is 308 g/mol. The average molecular weight is 326 g/mol. The molecule has 1 N–H and O–H groups in total. The molecule has 7 heteroatoms. The van der Waals surface area contributed by atoms with E-state index < -0.39 is 5.56 Å². The number of carbonyl (C=O) groups is 1. The van der Waals surface area contributed by atoms with Crippen LogP contribution in [0.15, 0.2) is 33.6 Å². The number of benzene rings is 1. The Hall–Kier alpha value is -2.96. The predicted octanol–water partition coefficient (Wildman–Crippen LogP) is 1.63. The molecule has 0 saturated heterocycles. The molecule has 0 unspecified atom stereocenters. The first-order valence-corrected chi connectivity index (χ1v) is 7.62. The molecule has 2 heterocycles. The first-order valence-electron chi connectivity index (χ1n) is 7.62. The lowest BCUT2D eigenvalue weighted by Gasteiger charge is -2.09. The van der Waals surface area contributed by atoms with Gasteiger partial charge < -0.3 is 9.84 Å². The molecule has 0 aliphatic rings. The molecule has 0 saturated carbocycles. The van der Waals surface area contributed by atoms with Crippen LogP contribution in [-0.2, 0) is 17.9 Å². The standard InChI is InChI=1S/C17H18N4O3/c1-10-6-4-5-7-13(10)8-18-14(22)9-21-17(23)16-15(11(2)19-21)12(3)24-20-16/h4-7H,8-9H2,1-3H3,(H,18,22). The topological polar surface area (TPSA) is 90.0 Å². The Morgan fingerprint density at radius 2 is 2.00 bits per heavy atom. The number of carbonyl (C=O) groups excluding carboxylic acids is 1. The molecule has 0 atom stereocenters. The second-order valence-corrected chi connectivity index (χ2v) is 5.71. The minimum Gasteiger partial charge on any atom is -0.360 e. The normalized spacial score (nSPS) is 11.0. The lowest BCUT2D eigenvalue weighted by molar-refractivity contribution is -0.122. The van der Waals surface area contributed by atoms with Gasteiger partial charge in [-0.25, -0.2) is 4.68 Å². The largest absolute Gasteiger partial charge is 0.360 e. The van der Waals surface area contributed by atoms with Crippen LogP contribution < -0.4 is 10.9 Å². The van der Waals surface area contributed by atoms with Crippen molar-refractivity contribution in [3.8, 4) is 0 Å². The van der Waals surface area contributed by atoms with E-state index in [-0.39, 0.29) is 18.0 Å². The summed E-state index contributed by atoms with van der Waals surface area (Å²) in [4.78, 5) is 24.5. The second kappa shape index (κ2) is 6.27. The first kappa shape index (κ1) is 15.9. The molecule has 0 aliphatic heterocycles. The lowest BCUT2D eigenvalue weighted by Crippen LogP contribution is -2.34. The van der Waals surface area contributed by atoms with Gasteiger partial charge in [0.25, 0.3) is 5.56 Å². The fourth-order valence-corrected chi connectivity index (χ4v) is 2.64. The van der Waals surface area contributed by atoms with Gasteiger partial charge in [0.05, 0.1) is 11.1 Å². The zero-order chi connectivity index (χ0) is 17.3. The summed E-state index contributed by atoms with van der Waals surface area (Å²) in [5.74, 6) is 0.259. The molecule has 0 fully saturated rings. The molecule has 0 bridgehead atoms. The van der Waals surface area contributed by atoms with E-state index in [0.29, 0.717) is 23.4 Å². The summed E-state index contributed by atoms with van der Waals surface area (Å²) in [7, 11) is 0. The van der Waals surface area contributed by atoms with Crippen molar-refractivity contribution in [1.29, 1.82) is 0 Å². The number of hydrogen-bond acceptors (Lipinski definition) is 5. The summed E-state index contributed by atoms with van der Waals surface area (Å²) >= 11 is 0. The number of aryl methyl sites for hydroxylation is 3. The number of hydrogen-bond donors (Lipinski definition) is 1. The molecule has 0 spiro atoms. The fraction of sp³-hybridized carbons (Fsp3) is 0.294.